The summed E-state index contributed by atoms with van der Waals surface area (Å²) in [5.74, 6) is 1.44. The van der Waals surface area contributed by atoms with E-state index >= 15 is 0 Å². The van der Waals surface area contributed by atoms with E-state index in [0.29, 0.717) is 18.1 Å². The fourth-order valence-corrected chi connectivity index (χ4v) is 4.05. The van der Waals surface area contributed by atoms with Crippen LogP contribution in [0.1, 0.15) is 32.6 Å². The molecular formula is C15H25IN2OS. The van der Waals surface area contributed by atoms with Gasteiger partial charge in [0.15, 0.2) is 0 Å². The van der Waals surface area contributed by atoms with Crippen LogP contribution in [-0.4, -0.2) is 31.3 Å². The lowest BCUT2D eigenvalue weighted by Crippen LogP contribution is -2.55. The summed E-state index contributed by atoms with van der Waals surface area (Å²) in [6.45, 7) is 4.13. The molecule has 0 bridgehead atoms. The van der Waals surface area contributed by atoms with E-state index in [-0.39, 0.29) is 0 Å². The summed E-state index contributed by atoms with van der Waals surface area (Å²) in [5, 5.41) is 7.24. The largest absolute Gasteiger partial charge is 0.370 e. The Balaban J connectivity index is 1.59. The number of hydrogen-bond donors (Lipinski definition) is 2. The summed E-state index contributed by atoms with van der Waals surface area (Å²) < 4.78 is 7.04. The summed E-state index contributed by atoms with van der Waals surface area (Å²) in [6.07, 6.45) is 12.2. The minimum absolute atomic E-state index is 0.456. The minimum Gasteiger partial charge on any atom is -0.370 e. The van der Waals surface area contributed by atoms with E-state index in [1.807, 2.05) is 0 Å². The SMILES string of the molecule is CC/C=C(/I)SCOCCC1C=C[C@@H]2CCCNC2N1. The standard InChI is InChI=1S/C15H25IN2OS/c1-2-4-14(16)20-11-19-10-8-13-7-6-12-5-3-9-17-15(12)18-13/h4,6-7,12-13,15,17-18H,2-3,5,8-11H2,1H3/b14-4-/t12-,13?,15?/m0/s1. The van der Waals surface area contributed by atoms with Crippen LogP contribution < -0.4 is 10.6 Å². The van der Waals surface area contributed by atoms with Gasteiger partial charge in [0.1, 0.15) is 0 Å². The van der Waals surface area contributed by atoms with Crippen LogP contribution in [0.4, 0.5) is 0 Å². The van der Waals surface area contributed by atoms with Crippen molar-refractivity contribution >= 4 is 34.4 Å². The van der Waals surface area contributed by atoms with Gasteiger partial charge in [-0.15, -0.1) is 0 Å². The number of allylic oxidation sites excluding steroid dienone is 1. The number of thioether (sulfide) groups is 1. The zero-order valence-electron chi connectivity index (χ0n) is 12.1. The molecule has 3 atom stereocenters. The number of rotatable bonds is 7. The van der Waals surface area contributed by atoms with Crippen molar-refractivity contribution in [2.24, 2.45) is 5.92 Å². The number of ether oxygens (including phenoxy) is 1. The van der Waals surface area contributed by atoms with Crippen molar-refractivity contribution in [2.75, 3.05) is 19.1 Å². The Labute approximate surface area is 140 Å². The molecule has 1 saturated heterocycles. The fourth-order valence-electron chi connectivity index (χ4n) is 2.63. The number of hydrogen-bond acceptors (Lipinski definition) is 4. The predicted molar refractivity (Wildman–Crippen MR) is 96.0 cm³/mol. The molecule has 0 radical (unpaired) electrons. The van der Waals surface area contributed by atoms with Crippen LogP contribution in [-0.2, 0) is 4.74 Å². The molecule has 2 aliphatic heterocycles. The zero-order chi connectivity index (χ0) is 14.2. The smallest absolute Gasteiger partial charge is 0.0971 e. The van der Waals surface area contributed by atoms with E-state index in [9.17, 15) is 0 Å². The van der Waals surface area contributed by atoms with Crippen molar-refractivity contribution in [3.8, 4) is 0 Å². The van der Waals surface area contributed by atoms with Crippen LogP contribution in [0, 0.1) is 5.92 Å². The summed E-state index contributed by atoms with van der Waals surface area (Å²) in [4.78, 5) is 0. The number of halogens is 1. The van der Waals surface area contributed by atoms with Gasteiger partial charge in [0.05, 0.1) is 12.1 Å². The van der Waals surface area contributed by atoms with Crippen molar-refractivity contribution in [2.45, 2.75) is 44.8 Å². The molecule has 0 aliphatic carbocycles. The number of fused-ring (bicyclic) bond motifs is 1. The van der Waals surface area contributed by atoms with Gasteiger partial charge in [-0.2, -0.15) is 0 Å². The highest BCUT2D eigenvalue weighted by atomic mass is 127. The van der Waals surface area contributed by atoms with Crippen LogP contribution in [0.25, 0.3) is 0 Å². The normalized spacial score (nSPS) is 30.3. The van der Waals surface area contributed by atoms with Crippen LogP contribution in [0.2, 0.25) is 0 Å². The van der Waals surface area contributed by atoms with Gasteiger partial charge < -0.3 is 10.1 Å². The van der Waals surface area contributed by atoms with Gasteiger partial charge in [-0.05, 0) is 54.8 Å². The van der Waals surface area contributed by atoms with Gasteiger partial charge in [0, 0.05) is 21.5 Å². The lowest BCUT2D eigenvalue weighted by Gasteiger charge is -2.37. The maximum Gasteiger partial charge on any atom is 0.0971 e. The summed E-state index contributed by atoms with van der Waals surface area (Å²) >= 11 is 4.15. The molecule has 114 valence electrons. The van der Waals surface area contributed by atoms with Crippen molar-refractivity contribution in [3.05, 3.63) is 21.1 Å². The highest BCUT2D eigenvalue weighted by molar-refractivity contribution is 14.1. The van der Waals surface area contributed by atoms with Crippen LogP contribution in [0.3, 0.4) is 0 Å². The van der Waals surface area contributed by atoms with Gasteiger partial charge in [0.25, 0.3) is 0 Å². The van der Waals surface area contributed by atoms with Gasteiger partial charge in [-0.3, -0.25) is 5.32 Å². The van der Waals surface area contributed by atoms with Crippen molar-refractivity contribution in [1.82, 2.24) is 10.6 Å². The Morgan fingerprint density at radius 1 is 1.50 bits per heavy atom. The average molecular weight is 408 g/mol. The molecule has 0 aromatic carbocycles. The summed E-state index contributed by atoms with van der Waals surface area (Å²) in [6, 6.07) is 0.456. The monoisotopic (exact) mass is 408 g/mol. The first kappa shape index (κ1) is 16.8. The zero-order valence-corrected chi connectivity index (χ0v) is 15.1. The van der Waals surface area contributed by atoms with E-state index < -0.39 is 0 Å². The molecule has 0 amide bonds. The highest BCUT2D eigenvalue weighted by Crippen LogP contribution is 2.24. The molecule has 2 heterocycles. The van der Waals surface area contributed by atoms with Gasteiger partial charge in [0.2, 0.25) is 0 Å². The van der Waals surface area contributed by atoms with Crippen LogP contribution in [0.15, 0.2) is 21.1 Å². The van der Waals surface area contributed by atoms with Crippen LogP contribution >= 0.6 is 34.4 Å². The molecule has 1 fully saturated rings. The first-order chi connectivity index (χ1) is 9.79. The highest BCUT2D eigenvalue weighted by Gasteiger charge is 2.27. The van der Waals surface area contributed by atoms with E-state index in [0.717, 1.165) is 31.9 Å². The molecule has 2 unspecified atom stereocenters. The van der Waals surface area contributed by atoms with Gasteiger partial charge in [-0.25, -0.2) is 0 Å². The molecule has 0 aromatic rings. The Kier molecular flexibility index (Phi) is 7.94. The fraction of sp³-hybridized carbons (Fsp3) is 0.733. The molecule has 0 aromatic heterocycles. The Morgan fingerprint density at radius 3 is 3.25 bits per heavy atom. The molecule has 2 N–H and O–H groups in total. The van der Waals surface area contributed by atoms with Gasteiger partial charge >= 0.3 is 0 Å². The van der Waals surface area contributed by atoms with Crippen LogP contribution in [0.5, 0.6) is 0 Å². The minimum atomic E-state index is 0.456. The van der Waals surface area contributed by atoms with Crippen molar-refractivity contribution < 1.29 is 4.74 Å². The van der Waals surface area contributed by atoms with Crippen molar-refractivity contribution in [1.29, 1.82) is 0 Å². The second kappa shape index (κ2) is 9.46. The summed E-state index contributed by atoms with van der Waals surface area (Å²) in [5.41, 5.74) is 0. The van der Waals surface area contributed by atoms with E-state index in [1.165, 1.54) is 15.8 Å². The molecular weight excluding hydrogens is 383 g/mol. The number of piperidine rings is 1. The molecule has 20 heavy (non-hydrogen) atoms. The Bertz CT molecular complexity index is 349. The third-order valence-electron chi connectivity index (χ3n) is 3.71. The average Bonchev–Trinajstić information content (AvgIpc) is 2.47. The predicted octanol–water partition coefficient (Wildman–Crippen LogP) is 3.62. The third kappa shape index (κ3) is 5.67. The quantitative estimate of drug-likeness (QED) is 0.292. The summed E-state index contributed by atoms with van der Waals surface area (Å²) in [7, 11) is 0. The lowest BCUT2D eigenvalue weighted by molar-refractivity contribution is 0.163. The first-order valence-electron chi connectivity index (χ1n) is 7.53. The lowest BCUT2D eigenvalue weighted by atomic mass is 9.91. The molecule has 2 rings (SSSR count). The maximum absolute atomic E-state index is 5.71. The molecule has 0 spiro atoms. The maximum atomic E-state index is 5.71. The van der Waals surface area contributed by atoms with Gasteiger partial charge in [-0.1, -0.05) is 36.9 Å². The molecule has 5 heteroatoms. The molecule has 2 aliphatic rings. The second-order valence-electron chi connectivity index (χ2n) is 5.27. The molecule has 3 nitrogen and oxygen atoms in total. The topological polar surface area (TPSA) is 33.3 Å². The third-order valence-corrected chi connectivity index (χ3v) is 5.81. The molecule has 0 saturated carbocycles. The van der Waals surface area contributed by atoms with Crippen molar-refractivity contribution in [3.63, 3.8) is 0 Å². The Hall–Kier alpha value is 0.440. The van der Waals surface area contributed by atoms with E-state index in [1.54, 1.807) is 11.8 Å². The van der Waals surface area contributed by atoms with E-state index in [2.05, 4.69) is 58.4 Å². The Morgan fingerprint density at radius 2 is 2.40 bits per heavy atom. The second-order valence-corrected chi connectivity index (χ2v) is 8.13. The van der Waals surface area contributed by atoms with E-state index in [4.69, 9.17) is 4.74 Å². The number of nitrogens with one attached hydrogen (secondary N) is 2. The first-order valence-corrected chi connectivity index (χ1v) is 9.60.